The predicted octanol–water partition coefficient (Wildman–Crippen LogP) is 4.97. The number of hydrogen-bond acceptors (Lipinski definition) is 2. The second-order valence-corrected chi connectivity index (χ2v) is 7.07. The van der Waals surface area contributed by atoms with E-state index in [2.05, 4.69) is 21.2 Å². The largest absolute Gasteiger partial charge is 0.337 e. The van der Waals surface area contributed by atoms with Gasteiger partial charge in [-0.15, -0.1) is 0 Å². The Morgan fingerprint density at radius 2 is 1.63 bits per heavy atom. The van der Waals surface area contributed by atoms with E-state index >= 15 is 0 Å². The van der Waals surface area contributed by atoms with E-state index in [0.29, 0.717) is 23.4 Å². The molecular formula is C22H19BrN2O2. The molecule has 0 radical (unpaired) electrons. The number of anilines is 1. The summed E-state index contributed by atoms with van der Waals surface area (Å²) in [6.07, 6.45) is 0. The number of amides is 2. The molecule has 0 saturated carbocycles. The van der Waals surface area contributed by atoms with Crippen molar-refractivity contribution in [3.63, 3.8) is 0 Å². The van der Waals surface area contributed by atoms with Crippen molar-refractivity contribution in [3.05, 3.63) is 100 Å². The average molecular weight is 423 g/mol. The summed E-state index contributed by atoms with van der Waals surface area (Å²) < 4.78 is 0.821. The van der Waals surface area contributed by atoms with Crippen LogP contribution < -0.4 is 5.32 Å². The Labute approximate surface area is 167 Å². The molecule has 0 heterocycles. The fraction of sp³-hybridized carbons (Fsp3) is 0.0909. The third-order valence-corrected chi connectivity index (χ3v) is 4.59. The summed E-state index contributed by atoms with van der Waals surface area (Å²) in [5.74, 6) is -0.411. The van der Waals surface area contributed by atoms with Crippen LogP contribution in [0.1, 0.15) is 26.3 Å². The molecule has 4 nitrogen and oxygen atoms in total. The molecule has 1 N–H and O–H groups in total. The van der Waals surface area contributed by atoms with Crippen molar-refractivity contribution in [2.45, 2.75) is 6.54 Å². The Kier molecular flexibility index (Phi) is 6.04. The van der Waals surface area contributed by atoms with Gasteiger partial charge in [0.2, 0.25) is 0 Å². The highest BCUT2D eigenvalue weighted by atomic mass is 79.9. The summed E-state index contributed by atoms with van der Waals surface area (Å²) >= 11 is 3.36. The van der Waals surface area contributed by atoms with E-state index in [-0.39, 0.29) is 11.8 Å². The third kappa shape index (κ3) is 4.83. The molecule has 0 aliphatic heterocycles. The fourth-order valence-corrected chi connectivity index (χ4v) is 3.14. The lowest BCUT2D eigenvalue weighted by Gasteiger charge is -2.19. The van der Waals surface area contributed by atoms with Crippen LogP contribution in [0.3, 0.4) is 0 Å². The second kappa shape index (κ2) is 8.64. The van der Waals surface area contributed by atoms with E-state index in [1.54, 1.807) is 54.4 Å². The van der Waals surface area contributed by atoms with Crippen molar-refractivity contribution in [2.24, 2.45) is 0 Å². The van der Waals surface area contributed by atoms with Gasteiger partial charge in [-0.1, -0.05) is 64.5 Å². The van der Waals surface area contributed by atoms with Crippen LogP contribution in [0.5, 0.6) is 0 Å². The molecule has 0 fully saturated rings. The van der Waals surface area contributed by atoms with Crippen molar-refractivity contribution < 1.29 is 9.59 Å². The van der Waals surface area contributed by atoms with Gasteiger partial charge in [0.25, 0.3) is 11.8 Å². The van der Waals surface area contributed by atoms with Crippen LogP contribution in [0.15, 0.2) is 83.3 Å². The summed E-state index contributed by atoms with van der Waals surface area (Å²) in [6.45, 7) is 0.494. The van der Waals surface area contributed by atoms with Crippen LogP contribution in [-0.4, -0.2) is 23.8 Å². The van der Waals surface area contributed by atoms with Crippen LogP contribution in [0.2, 0.25) is 0 Å². The molecule has 3 aromatic rings. The first kappa shape index (κ1) is 18.9. The molecule has 3 aromatic carbocycles. The van der Waals surface area contributed by atoms with E-state index in [4.69, 9.17) is 0 Å². The third-order valence-electron chi connectivity index (χ3n) is 4.10. The molecule has 136 valence electrons. The summed E-state index contributed by atoms with van der Waals surface area (Å²) in [5, 5.41) is 2.85. The molecule has 0 bridgehead atoms. The van der Waals surface area contributed by atoms with Gasteiger partial charge in [0.15, 0.2) is 0 Å². The van der Waals surface area contributed by atoms with Crippen molar-refractivity contribution in [1.82, 2.24) is 4.90 Å². The van der Waals surface area contributed by atoms with Gasteiger partial charge in [-0.3, -0.25) is 9.59 Å². The number of para-hydroxylation sites is 1. The maximum atomic E-state index is 12.9. The minimum Gasteiger partial charge on any atom is -0.337 e. The molecule has 0 aliphatic carbocycles. The first-order valence-corrected chi connectivity index (χ1v) is 9.29. The van der Waals surface area contributed by atoms with Gasteiger partial charge in [-0.05, 0) is 35.9 Å². The van der Waals surface area contributed by atoms with Gasteiger partial charge in [-0.2, -0.15) is 0 Å². The normalized spacial score (nSPS) is 10.3. The standard InChI is InChI=1S/C22H19BrN2O2/c1-25(15-16-8-3-2-4-9-16)22(27)19-12-5-6-13-20(19)24-21(26)17-10-7-11-18(23)14-17/h2-14H,15H2,1H3,(H,24,26). The lowest BCUT2D eigenvalue weighted by molar-refractivity contribution is 0.0786. The highest BCUT2D eigenvalue weighted by Gasteiger charge is 2.17. The molecule has 0 aromatic heterocycles. The van der Waals surface area contributed by atoms with Gasteiger partial charge in [0.05, 0.1) is 11.3 Å². The van der Waals surface area contributed by atoms with Gasteiger partial charge in [-0.25, -0.2) is 0 Å². The number of carbonyl (C=O) groups excluding carboxylic acids is 2. The van der Waals surface area contributed by atoms with Gasteiger partial charge in [0, 0.05) is 23.6 Å². The lowest BCUT2D eigenvalue weighted by atomic mass is 10.1. The van der Waals surface area contributed by atoms with Crippen molar-refractivity contribution in [2.75, 3.05) is 12.4 Å². The maximum absolute atomic E-state index is 12.9. The molecule has 0 aliphatic rings. The lowest BCUT2D eigenvalue weighted by Crippen LogP contribution is -2.27. The zero-order valence-corrected chi connectivity index (χ0v) is 16.4. The fourth-order valence-electron chi connectivity index (χ4n) is 2.74. The topological polar surface area (TPSA) is 49.4 Å². The zero-order valence-electron chi connectivity index (χ0n) is 14.9. The maximum Gasteiger partial charge on any atom is 0.256 e. The molecule has 2 amide bonds. The molecule has 5 heteroatoms. The molecular weight excluding hydrogens is 404 g/mol. The monoisotopic (exact) mass is 422 g/mol. The molecule has 27 heavy (non-hydrogen) atoms. The molecule has 0 unspecified atom stereocenters. The highest BCUT2D eigenvalue weighted by Crippen LogP contribution is 2.20. The van der Waals surface area contributed by atoms with E-state index in [1.807, 2.05) is 36.4 Å². The number of rotatable bonds is 5. The van der Waals surface area contributed by atoms with Crippen molar-refractivity contribution >= 4 is 33.4 Å². The van der Waals surface area contributed by atoms with Crippen molar-refractivity contribution in [3.8, 4) is 0 Å². The molecule has 0 saturated heterocycles. The van der Waals surface area contributed by atoms with E-state index in [9.17, 15) is 9.59 Å². The number of carbonyl (C=O) groups is 2. The Bertz CT molecular complexity index is 957. The first-order valence-electron chi connectivity index (χ1n) is 8.50. The SMILES string of the molecule is CN(Cc1ccccc1)C(=O)c1ccccc1NC(=O)c1cccc(Br)c1. The quantitative estimate of drug-likeness (QED) is 0.630. The summed E-state index contributed by atoms with van der Waals surface area (Å²) in [7, 11) is 1.75. The van der Waals surface area contributed by atoms with Gasteiger partial charge >= 0.3 is 0 Å². The van der Waals surface area contributed by atoms with Crippen LogP contribution in [0.25, 0.3) is 0 Å². The van der Waals surface area contributed by atoms with E-state index in [1.165, 1.54) is 0 Å². The number of nitrogens with one attached hydrogen (secondary N) is 1. The molecule has 0 spiro atoms. The number of hydrogen-bond donors (Lipinski definition) is 1. The number of nitrogens with zero attached hydrogens (tertiary/aromatic N) is 1. The van der Waals surface area contributed by atoms with Crippen LogP contribution in [-0.2, 0) is 6.54 Å². The minimum absolute atomic E-state index is 0.149. The molecule has 0 atom stereocenters. The van der Waals surface area contributed by atoms with Crippen molar-refractivity contribution in [1.29, 1.82) is 0 Å². The Morgan fingerprint density at radius 1 is 0.926 bits per heavy atom. The Balaban J connectivity index is 1.79. The minimum atomic E-state index is -0.262. The smallest absolute Gasteiger partial charge is 0.256 e. The average Bonchev–Trinajstić information content (AvgIpc) is 2.68. The van der Waals surface area contributed by atoms with Crippen LogP contribution in [0, 0.1) is 0 Å². The number of halogens is 1. The first-order chi connectivity index (χ1) is 13.0. The van der Waals surface area contributed by atoms with Crippen LogP contribution in [0.4, 0.5) is 5.69 Å². The molecule has 3 rings (SSSR count). The van der Waals surface area contributed by atoms with Gasteiger partial charge in [0.1, 0.15) is 0 Å². The van der Waals surface area contributed by atoms with E-state index in [0.717, 1.165) is 10.0 Å². The zero-order chi connectivity index (χ0) is 19.2. The van der Waals surface area contributed by atoms with E-state index < -0.39 is 0 Å². The Hall–Kier alpha value is -2.92. The summed E-state index contributed by atoms with van der Waals surface area (Å²) in [4.78, 5) is 27.1. The van der Waals surface area contributed by atoms with Crippen LogP contribution >= 0.6 is 15.9 Å². The summed E-state index contributed by atoms with van der Waals surface area (Å²) in [5.41, 5.74) is 2.51. The predicted molar refractivity (Wildman–Crippen MR) is 111 cm³/mol. The number of benzene rings is 3. The highest BCUT2D eigenvalue weighted by molar-refractivity contribution is 9.10. The summed E-state index contributed by atoms with van der Waals surface area (Å²) in [6, 6.07) is 23.9. The second-order valence-electron chi connectivity index (χ2n) is 6.16. The van der Waals surface area contributed by atoms with Gasteiger partial charge < -0.3 is 10.2 Å². The Morgan fingerprint density at radius 3 is 2.37 bits per heavy atom.